The summed E-state index contributed by atoms with van der Waals surface area (Å²) in [6.07, 6.45) is 6.16. The van der Waals surface area contributed by atoms with Crippen LogP contribution in [0.3, 0.4) is 0 Å². The van der Waals surface area contributed by atoms with Gasteiger partial charge >= 0.3 is 5.97 Å². The number of rotatable bonds is 4. The first-order chi connectivity index (χ1) is 9.40. The summed E-state index contributed by atoms with van der Waals surface area (Å²) >= 11 is 0. The number of ether oxygens (including phenoxy) is 1. The highest BCUT2D eigenvalue weighted by molar-refractivity contribution is 5.76. The first kappa shape index (κ1) is 15.0. The second-order valence-electron chi connectivity index (χ2n) is 6.21. The van der Waals surface area contributed by atoms with Gasteiger partial charge in [0.1, 0.15) is 5.60 Å². The fraction of sp³-hybridized carbons (Fsp3) is 0.733. The summed E-state index contributed by atoms with van der Waals surface area (Å²) in [7, 11) is 0. The van der Waals surface area contributed by atoms with Crippen molar-refractivity contribution in [3.05, 3.63) is 18.2 Å². The fourth-order valence-electron chi connectivity index (χ4n) is 3.08. The molecule has 1 aliphatic rings. The van der Waals surface area contributed by atoms with Crippen LogP contribution in [0.1, 0.15) is 52.1 Å². The highest BCUT2D eigenvalue weighted by Gasteiger charge is 2.44. The Morgan fingerprint density at radius 3 is 2.70 bits per heavy atom. The Morgan fingerprint density at radius 1 is 1.55 bits per heavy atom. The van der Waals surface area contributed by atoms with Gasteiger partial charge in [-0.15, -0.1) is 0 Å². The van der Waals surface area contributed by atoms with Crippen molar-refractivity contribution in [1.29, 1.82) is 0 Å². The van der Waals surface area contributed by atoms with Crippen LogP contribution in [0, 0.1) is 11.3 Å². The highest BCUT2D eigenvalue weighted by Crippen LogP contribution is 2.45. The lowest BCUT2D eigenvalue weighted by molar-refractivity contribution is -0.159. The Morgan fingerprint density at radius 2 is 2.20 bits per heavy atom. The molecular formula is C15H24N2O3. The molecule has 0 aliphatic heterocycles. The quantitative estimate of drug-likeness (QED) is 0.830. The molecule has 0 atom stereocenters. The fourth-order valence-corrected chi connectivity index (χ4v) is 3.08. The van der Waals surface area contributed by atoms with Gasteiger partial charge in [-0.3, -0.25) is 4.79 Å². The number of aromatic amines is 1. The predicted molar refractivity (Wildman–Crippen MR) is 74.9 cm³/mol. The lowest BCUT2D eigenvalue weighted by atomic mass is 9.67. The molecule has 5 heteroatoms. The van der Waals surface area contributed by atoms with Gasteiger partial charge in [-0.2, -0.15) is 0 Å². The minimum absolute atomic E-state index is 0.142. The van der Waals surface area contributed by atoms with Crippen LogP contribution in [0.15, 0.2) is 12.5 Å². The molecule has 0 spiro atoms. The van der Waals surface area contributed by atoms with Crippen LogP contribution in [0.2, 0.25) is 0 Å². The Balaban J connectivity index is 2.02. The van der Waals surface area contributed by atoms with E-state index in [0.29, 0.717) is 19.4 Å². The Hall–Kier alpha value is -1.36. The molecule has 1 aromatic heterocycles. The molecule has 0 unspecified atom stereocenters. The van der Waals surface area contributed by atoms with E-state index < -0.39 is 11.0 Å². The van der Waals surface area contributed by atoms with E-state index in [4.69, 9.17) is 4.74 Å². The summed E-state index contributed by atoms with van der Waals surface area (Å²) in [5, 5.41) is 10.7. The second kappa shape index (κ2) is 5.56. The molecule has 1 aromatic rings. The summed E-state index contributed by atoms with van der Waals surface area (Å²) in [4.78, 5) is 19.0. The predicted octanol–water partition coefficient (Wildman–Crippen LogP) is 2.38. The molecule has 1 fully saturated rings. The molecule has 1 heterocycles. The van der Waals surface area contributed by atoms with Gasteiger partial charge in [-0.25, -0.2) is 4.98 Å². The van der Waals surface area contributed by atoms with Gasteiger partial charge in [-0.1, -0.05) is 0 Å². The lowest BCUT2D eigenvalue weighted by Gasteiger charge is -2.40. The van der Waals surface area contributed by atoms with Gasteiger partial charge in [0, 0.05) is 0 Å². The Labute approximate surface area is 119 Å². The number of imidazole rings is 1. The third-order valence-corrected chi connectivity index (χ3v) is 4.63. The smallest absolute Gasteiger partial charge is 0.311 e. The van der Waals surface area contributed by atoms with Crippen LogP contribution in [0.4, 0.5) is 0 Å². The van der Waals surface area contributed by atoms with Gasteiger partial charge < -0.3 is 14.8 Å². The molecule has 0 saturated heterocycles. The van der Waals surface area contributed by atoms with Crippen LogP contribution in [-0.4, -0.2) is 27.7 Å². The number of nitrogens with one attached hydrogen (secondary N) is 1. The van der Waals surface area contributed by atoms with E-state index in [0.717, 1.165) is 18.5 Å². The van der Waals surface area contributed by atoms with E-state index in [-0.39, 0.29) is 11.9 Å². The standard InChI is InChI=1S/C15H24N2O3/c1-4-20-13(18)14(2,3)11-5-7-15(19,8-6-11)12-9-16-10-17-12/h9-11,19H,4-8H2,1-3H3,(H,16,17). The average molecular weight is 280 g/mol. The number of H-pyrrole nitrogens is 1. The molecule has 0 amide bonds. The van der Waals surface area contributed by atoms with E-state index >= 15 is 0 Å². The monoisotopic (exact) mass is 280 g/mol. The van der Waals surface area contributed by atoms with Crippen molar-refractivity contribution in [3.8, 4) is 0 Å². The number of aliphatic hydroxyl groups is 1. The van der Waals surface area contributed by atoms with Crippen LogP contribution < -0.4 is 0 Å². The van der Waals surface area contributed by atoms with Gasteiger partial charge in [-0.05, 0) is 52.4 Å². The second-order valence-corrected chi connectivity index (χ2v) is 6.21. The third kappa shape index (κ3) is 2.73. The molecular weight excluding hydrogens is 256 g/mol. The summed E-state index contributed by atoms with van der Waals surface area (Å²) in [5.74, 6) is 0.0988. The molecule has 20 heavy (non-hydrogen) atoms. The van der Waals surface area contributed by atoms with Crippen LogP contribution in [0.25, 0.3) is 0 Å². The van der Waals surface area contributed by atoms with E-state index in [9.17, 15) is 9.90 Å². The molecule has 2 rings (SSSR count). The number of hydrogen-bond acceptors (Lipinski definition) is 4. The van der Waals surface area contributed by atoms with Crippen LogP contribution in [0.5, 0.6) is 0 Å². The van der Waals surface area contributed by atoms with E-state index in [1.165, 1.54) is 0 Å². The molecule has 0 aromatic carbocycles. The zero-order chi connectivity index (χ0) is 14.8. The molecule has 0 bridgehead atoms. The maximum Gasteiger partial charge on any atom is 0.311 e. The molecule has 0 radical (unpaired) electrons. The summed E-state index contributed by atoms with van der Waals surface area (Å²) in [6.45, 7) is 6.12. The van der Waals surface area contributed by atoms with Crippen LogP contribution >= 0.6 is 0 Å². The van der Waals surface area contributed by atoms with Crippen molar-refractivity contribution in [1.82, 2.24) is 9.97 Å². The molecule has 5 nitrogen and oxygen atoms in total. The van der Waals surface area contributed by atoms with Crippen molar-refractivity contribution in [2.24, 2.45) is 11.3 Å². The number of aromatic nitrogens is 2. The van der Waals surface area contributed by atoms with Gasteiger partial charge in [0.25, 0.3) is 0 Å². The lowest BCUT2D eigenvalue weighted by Crippen LogP contribution is -2.40. The maximum atomic E-state index is 12.1. The molecule has 2 N–H and O–H groups in total. The van der Waals surface area contributed by atoms with Crippen molar-refractivity contribution >= 4 is 5.97 Å². The van der Waals surface area contributed by atoms with E-state index in [1.54, 1.807) is 12.5 Å². The average Bonchev–Trinajstić information content (AvgIpc) is 2.94. The topological polar surface area (TPSA) is 75.2 Å². The normalized spacial score (nSPS) is 27.3. The van der Waals surface area contributed by atoms with E-state index in [1.807, 2.05) is 20.8 Å². The Kier molecular flexibility index (Phi) is 4.18. The summed E-state index contributed by atoms with van der Waals surface area (Å²) in [6, 6.07) is 0. The van der Waals surface area contributed by atoms with Crippen molar-refractivity contribution in [2.75, 3.05) is 6.61 Å². The van der Waals surface area contributed by atoms with Gasteiger partial charge in [0.15, 0.2) is 0 Å². The molecule has 112 valence electrons. The van der Waals surface area contributed by atoms with Crippen LogP contribution in [-0.2, 0) is 15.1 Å². The van der Waals surface area contributed by atoms with E-state index in [2.05, 4.69) is 9.97 Å². The van der Waals surface area contributed by atoms with Crippen molar-refractivity contribution in [3.63, 3.8) is 0 Å². The van der Waals surface area contributed by atoms with Crippen molar-refractivity contribution < 1.29 is 14.6 Å². The number of hydrogen-bond donors (Lipinski definition) is 2. The summed E-state index contributed by atoms with van der Waals surface area (Å²) in [5.41, 5.74) is -0.562. The SMILES string of the molecule is CCOC(=O)C(C)(C)C1CCC(O)(c2cnc[nH]2)CC1. The first-order valence-corrected chi connectivity index (χ1v) is 7.28. The summed E-state index contributed by atoms with van der Waals surface area (Å²) < 4.78 is 5.17. The maximum absolute atomic E-state index is 12.1. The number of carbonyl (C=O) groups excluding carboxylic acids is 1. The number of esters is 1. The molecule has 1 aliphatic carbocycles. The third-order valence-electron chi connectivity index (χ3n) is 4.63. The highest BCUT2D eigenvalue weighted by atomic mass is 16.5. The first-order valence-electron chi connectivity index (χ1n) is 7.28. The largest absolute Gasteiger partial charge is 0.466 e. The number of carbonyl (C=O) groups is 1. The number of nitrogens with zero attached hydrogens (tertiary/aromatic N) is 1. The van der Waals surface area contributed by atoms with Crippen molar-refractivity contribution in [2.45, 2.75) is 52.1 Å². The van der Waals surface area contributed by atoms with Gasteiger partial charge in [0.05, 0.1) is 30.2 Å². The Bertz CT molecular complexity index is 446. The minimum Gasteiger partial charge on any atom is -0.466 e. The zero-order valence-electron chi connectivity index (χ0n) is 12.5. The minimum atomic E-state index is -0.836. The van der Waals surface area contributed by atoms with Gasteiger partial charge in [0.2, 0.25) is 0 Å². The zero-order valence-corrected chi connectivity index (χ0v) is 12.5. The molecule has 1 saturated carbocycles.